The van der Waals surface area contributed by atoms with E-state index in [0.29, 0.717) is 29.0 Å². The molecule has 1 N–H and O–H groups in total. The molecule has 0 saturated carbocycles. The molecule has 0 aliphatic heterocycles. The first-order valence-corrected chi connectivity index (χ1v) is 11.0. The maximum Gasteiger partial charge on any atom is 0.573 e. The van der Waals surface area contributed by atoms with Crippen LogP contribution in [0.25, 0.3) is 17.2 Å². The van der Waals surface area contributed by atoms with Crippen molar-refractivity contribution in [3.05, 3.63) is 89.0 Å². The van der Waals surface area contributed by atoms with Crippen molar-refractivity contribution >= 4 is 12.0 Å². The van der Waals surface area contributed by atoms with Crippen molar-refractivity contribution < 1.29 is 32.5 Å². The first-order chi connectivity index (χ1) is 16.3. The Kier molecular flexibility index (Phi) is 7.58. The van der Waals surface area contributed by atoms with Crippen LogP contribution in [-0.2, 0) is 16.8 Å². The zero-order valence-corrected chi connectivity index (χ0v) is 19.9. The van der Waals surface area contributed by atoms with Crippen LogP contribution >= 0.6 is 0 Å². The van der Waals surface area contributed by atoms with Gasteiger partial charge in [0.15, 0.2) is 0 Å². The molecular weight excluding hydrogens is 457 g/mol. The zero-order chi connectivity index (χ0) is 25.8. The molecule has 0 aliphatic carbocycles. The fourth-order valence-corrected chi connectivity index (χ4v) is 3.38. The Labute approximate surface area is 202 Å². The first-order valence-electron chi connectivity index (χ1n) is 11.0. The number of benzene rings is 3. The second kappa shape index (κ2) is 10.3. The highest BCUT2D eigenvalue weighted by Gasteiger charge is 2.31. The maximum absolute atomic E-state index is 12.4. The Hall–Kier alpha value is -3.74. The van der Waals surface area contributed by atoms with Crippen LogP contribution in [0.15, 0.2) is 72.3 Å². The summed E-state index contributed by atoms with van der Waals surface area (Å²) in [7, 11) is 0. The monoisotopic (exact) mass is 484 g/mol. The summed E-state index contributed by atoms with van der Waals surface area (Å²) in [5.74, 6) is -0.889. The average molecular weight is 485 g/mol. The summed E-state index contributed by atoms with van der Waals surface area (Å²) in [6.07, 6.45) is -3.26. The minimum Gasteiger partial charge on any atom is -0.488 e. The Bertz CT molecular complexity index is 1200. The summed E-state index contributed by atoms with van der Waals surface area (Å²) in [6, 6.07) is 18.8. The fraction of sp³-hybridized carbons (Fsp3) is 0.250. The molecule has 0 radical (unpaired) electrons. The molecule has 0 aliphatic rings. The van der Waals surface area contributed by atoms with E-state index in [1.807, 2.05) is 12.1 Å². The van der Waals surface area contributed by atoms with E-state index in [1.54, 1.807) is 18.2 Å². The summed E-state index contributed by atoms with van der Waals surface area (Å²) in [5, 5.41) is 9.33. The summed E-state index contributed by atoms with van der Waals surface area (Å²) >= 11 is 0. The Morgan fingerprint density at radius 2 is 1.51 bits per heavy atom. The van der Waals surface area contributed by atoms with Crippen molar-refractivity contribution in [2.75, 3.05) is 0 Å². The van der Waals surface area contributed by atoms with Gasteiger partial charge in [0, 0.05) is 11.1 Å². The number of carboxylic acid groups (broad SMARTS) is 1. The van der Waals surface area contributed by atoms with Crippen molar-refractivity contribution in [1.29, 1.82) is 0 Å². The zero-order valence-electron chi connectivity index (χ0n) is 19.9. The van der Waals surface area contributed by atoms with Gasteiger partial charge in [0.2, 0.25) is 0 Å². The third-order valence-electron chi connectivity index (χ3n) is 5.35. The number of ether oxygens (including phenoxy) is 2. The van der Waals surface area contributed by atoms with E-state index in [2.05, 4.69) is 37.6 Å². The van der Waals surface area contributed by atoms with E-state index in [9.17, 15) is 23.1 Å². The van der Waals surface area contributed by atoms with Crippen molar-refractivity contribution in [3.8, 4) is 22.6 Å². The molecule has 0 amide bonds. The summed E-state index contributed by atoms with van der Waals surface area (Å²) < 4.78 is 47.2. The van der Waals surface area contributed by atoms with Crippen LogP contribution < -0.4 is 9.47 Å². The van der Waals surface area contributed by atoms with E-state index in [-0.39, 0.29) is 16.7 Å². The third-order valence-corrected chi connectivity index (χ3v) is 5.35. The topological polar surface area (TPSA) is 55.8 Å². The molecule has 0 atom stereocenters. The second-order valence-electron chi connectivity index (χ2n) is 9.19. The normalized spacial score (nSPS) is 12.4. The highest BCUT2D eigenvalue weighted by molar-refractivity contribution is 5.92. The molecule has 3 aromatic rings. The lowest BCUT2D eigenvalue weighted by Gasteiger charge is -2.19. The van der Waals surface area contributed by atoms with E-state index in [4.69, 9.17) is 4.74 Å². The van der Waals surface area contributed by atoms with Crippen molar-refractivity contribution in [1.82, 2.24) is 0 Å². The SMILES string of the molecule is CC(=Cc1cc(-c2ccc(OC(F)(F)F)cc2)ccc1OCc1ccc(C(C)(C)C)cc1)C(=O)O. The van der Waals surface area contributed by atoms with Gasteiger partial charge in [-0.25, -0.2) is 4.79 Å². The highest BCUT2D eigenvalue weighted by Crippen LogP contribution is 2.31. The van der Waals surface area contributed by atoms with Crippen LogP contribution in [0.5, 0.6) is 11.5 Å². The van der Waals surface area contributed by atoms with E-state index in [1.165, 1.54) is 42.8 Å². The molecule has 0 aromatic heterocycles. The lowest BCUT2D eigenvalue weighted by Crippen LogP contribution is -2.16. The first kappa shape index (κ1) is 25.9. The molecular formula is C28H27F3O4. The number of alkyl halides is 3. The number of carbonyl (C=O) groups is 1. The summed E-state index contributed by atoms with van der Waals surface area (Å²) in [6.45, 7) is 8.19. The number of halogens is 3. The van der Waals surface area contributed by atoms with Gasteiger partial charge in [-0.15, -0.1) is 13.2 Å². The number of aliphatic carboxylic acids is 1. The molecule has 0 fully saturated rings. The van der Waals surface area contributed by atoms with Crippen molar-refractivity contribution in [2.24, 2.45) is 0 Å². The smallest absolute Gasteiger partial charge is 0.488 e. The van der Waals surface area contributed by atoms with Gasteiger partial charge in [-0.2, -0.15) is 0 Å². The third kappa shape index (κ3) is 7.37. The van der Waals surface area contributed by atoms with Crippen LogP contribution in [0.4, 0.5) is 13.2 Å². The molecule has 3 rings (SSSR count). The number of rotatable bonds is 7. The lowest BCUT2D eigenvalue weighted by molar-refractivity contribution is -0.274. The molecule has 0 spiro atoms. The van der Waals surface area contributed by atoms with Gasteiger partial charge in [-0.3, -0.25) is 0 Å². The van der Waals surface area contributed by atoms with Crippen LogP contribution in [0.3, 0.4) is 0 Å². The largest absolute Gasteiger partial charge is 0.573 e. The molecule has 0 heterocycles. The van der Waals surface area contributed by atoms with Gasteiger partial charge >= 0.3 is 12.3 Å². The van der Waals surface area contributed by atoms with E-state index < -0.39 is 12.3 Å². The summed E-state index contributed by atoms with van der Waals surface area (Å²) in [5.41, 5.74) is 4.21. The minimum absolute atomic E-state index is 0.0403. The molecule has 184 valence electrons. The molecule has 35 heavy (non-hydrogen) atoms. The van der Waals surface area contributed by atoms with E-state index in [0.717, 1.165) is 5.56 Å². The number of hydrogen-bond donors (Lipinski definition) is 1. The van der Waals surface area contributed by atoms with Gasteiger partial charge in [-0.05, 0) is 64.9 Å². The summed E-state index contributed by atoms with van der Waals surface area (Å²) in [4.78, 5) is 11.4. The quantitative estimate of drug-likeness (QED) is 0.351. The van der Waals surface area contributed by atoms with E-state index >= 15 is 0 Å². The van der Waals surface area contributed by atoms with Crippen LogP contribution in [0, 0.1) is 0 Å². The predicted octanol–water partition coefficient (Wildman–Crippen LogP) is 7.62. The van der Waals surface area contributed by atoms with Crippen molar-refractivity contribution in [3.63, 3.8) is 0 Å². The fourth-order valence-electron chi connectivity index (χ4n) is 3.38. The average Bonchev–Trinajstić information content (AvgIpc) is 2.77. The molecule has 0 unspecified atom stereocenters. The van der Waals surface area contributed by atoms with Gasteiger partial charge in [0.1, 0.15) is 18.1 Å². The Balaban J connectivity index is 1.86. The molecule has 0 saturated heterocycles. The Morgan fingerprint density at radius 3 is 2.06 bits per heavy atom. The number of carboxylic acids is 1. The second-order valence-corrected chi connectivity index (χ2v) is 9.19. The minimum atomic E-state index is -4.76. The molecule has 7 heteroatoms. The molecule has 3 aromatic carbocycles. The van der Waals surface area contributed by atoms with Crippen LogP contribution in [-0.4, -0.2) is 17.4 Å². The molecule has 0 bridgehead atoms. The van der Waals surface area contributed by atoms with Gasteiger partial charge < -0.3 is 14.6 Å². The van der Waals surface area contributed by atoms with Gasteiger partial charge in [0.05, 0.1) is 0 Å². The van der Waals surface area contributed by atoms with Crippen molar-refractivity contribution in [2.45, 2.75) is 46.1 Å². The number of hydrogen-bond acceptors (Lipinski definition) is 3. The highest BCUT2D eigenvalue weighted by atomic mass is 19.4. The van der Waals surface area contributed by atoms with Crippen LogP contribution in [0.1, 0.15) is 44.4 Å². The Morgan fingerprint density at radius 1 is 0.914 bits per heavy atom. The predicted molar refractivity (Wildman–Crippen MR) is 129 cm³/mol. The maximum atomic E-state index is 12.4. The lowest BCUT2D eigenvalue weighted by atomic mass is 9.87. The van der Waals surface area contributed by atoms with Crippen LogP contribution in [0.2, 0.25) is 0 Å². The van der Waals surface area contributed by atoms with Gasteiger partial charge in [0.25, 0.3) is 0 Å². The standard InChI is InChI=1S/C28H27F3O4/c1-18(26(32)33)15-22-16-21(20-7-12-24(13-8-20)35-28(29,30)31)9-14-25(22)34-17-19-5-10-23(11-6-19)27(2,3)4/h5-16H,17H2,1-4H3,(H,32,33). The van der Waals surface area contributed by atoms with Gasteiger partial charge in [-0.1, -0.05) is 63.2 Å². The molecule has 4 nitrogen and oxygen atoms in total.